The molecule has 4 nitrogen and oxygen atoms in total. The van der Waals surface area contributed by atoms with Crippen LogP contribution in [0.3, 0.4) is 0 Å². The van der Waals surface area contributed by atoms with Gasteiger partial charge in [-0.3, -0.25) is 9.69 Å². The first-order chi connectivity index (χ1) is 4.79. The summed E-state index contributed by atoms with van der Waals surface area (Å²) in [6.07, 6.45) is 0. The predicted molar refractivity (Wildman–Crippen MR) is 34.9 cm³/mol. The number of carboxylic acids is 1. The molecule has 1 fully saturated rings. The van der Waals surface area contributed by atoms with Crippen molar-refractivity contribution in [2.24, 2.45) is 0 Å². The zero-order valence-electron chi connectivity index (χ0n) is 6.12. The van der Waals surface area contributed by atoms with E-state index in [1.54, 1.807) is 0 Å². The van der Waals surface area contributed by atoms with Gasteiger partial charge in [-0.2, -0.15) is 0 Å². The number of morpholine rings is 1. The van der Waals surface area contributed by atoms with Crippen LogP contribution in [0.5, 0.6) is 0 Å². The molecule has 0 bridgehead atoms. The van der Waals surface area contributed by atoms with Crippen LogP contribution in [0.1, 0.15) is 0 Å². The highest BCUT2D eigenvalue weighted by Gasteiger charge is 2.12. The molecule has 0 amide bonds. The maximum Gasteiger partial charge on any atom is 0.317 e. The first kappa shape index (κ1) is 10.7. The Morgan fingerprint density at radius 2 is 2.00 bits per heavy atom. The Morgan fingerprint density at radius 3 is 2.45 bits per heavy atom. The molecule has 1 aliphatic rings. The second kappa shape index (κ2) is 5.35. The van der Waals surface area contributed by atoms with Crippen molar-refractivity contribution >= 4 is 5.97 Å². The van der Waals surface area contributed by atoms with Crippen LogP contribution in [0.4, 0.5) is 0 Å². The highest BCUT2D eigenvalue weighted by molar-refractivity contribution is 5.69. The Hall–Kier alpha value is -0.320. The summed E-state index contributed by atoms with van der Waals surface area (Å²) in [6, 6.07) is 0. The monoisotopic (exact) mass is 180 g/mol. The lowest BCUT2D eigenvalue weighted by Crippen LogP contribution is -3.00. The molecule has 5 heteroatoms. The second-order valence-electron chi connectivity index (χ2n) is 2.28. The maximum absolute atomic E-state index is 10.2. The Kier molecular flexibility index (Phi) is 5.19. The van der Waals surface area contributed by atoms with E-state index in [-0.39, 0.29) is 19.0 Å². The number of carboxylic acid groups (broad SMARTS) is 1. The molecule has 66 valence electrons. The Balaban J connectivity index is 0.000001000. The van der Waals surface area contributed by atoms with E-state index in [1.165, 1.54) is 0 Å². The van der Waals surface area contributed by atoms with E-state index in [9.17, 15) is 4.79 Å². The van der Waals surface area contributed by atoms with Gasteiger partial charge >= 0.3 is 5.97 Å². The molecule has 0 aromatic heterocycles. The minimum atomic E-state index is -0.762. The molecular weight excluding hydrogens is 170 g/mol. The fourth-order valence-corrected chi connectivity index (χ4v) is 0.951. The van der Waals surface area contributed by atoms with Gasteiger partial charge in [0, 0.05) is 13.1 Å². The third-order valence-corrected chi connectivity index (χ3v) is 1.46. The minimum absolute atomic E-state index is 0. The lowest BCUT2D eigenvalue weighted by atomic mass is 10.4. The molecule has 0 spiro atoms. The Bertz CT molecular complexity index is 125. The third kappa shape index (κ3) is 4.19. The molecule has 1 aliphatic heterocycles. The summed E-state index contributed by atoms with van der Waals surface area (Å²) in [5.74, 6) is -0.762. The summed E-state index contributed by atoms with van der Waals surface area (Å²) in [7, 11) is 0. The van der Waals surface area contributed by atoms with Gasteiger partial charge in [-0.1, -0.05) is 0 Å². The summed E-state index contributed by atoms with van der Waals surface area (Å²) in [4.78, 5) is 12.1. The fraction of sp³-hybridized carbons (Fsp3) is 0.833. The summed E-state index contributed by atoms with van der Waals surface area (Å²) in [5.41, 5.74) is 0. The molecule has 0 aromatic rings. The SMILES string of the molecule is O=C(O)CN1CCOCC1.[Cl-]. The van der Waals surface area contributed by atoms with E-state index in [0.29, 0.717) is 13.2 Å². The van der Waals surface area contributed by atoms with Gasteiger partial charge in [0.15, 0.2) is 0 Å². The lowest BCUT2D eigenvalue weighted by molar-refractivity contribution is -0.139. The van der Waals surface area contributed by atoms with Crippen LogP contribution in [0.2, 0.25) is 0 Å². The van der Waals surface area contributed by atoms with Crippen LogP contribution in [0.15, 0.2) is 0 Å². The molecule has 1 rings (SSSR count). The van der Waals surface area contributed by atoms with E-state index in [1.807, 2.05) is 4.90 Å². The first-order valence-electron chi connectivity index (χ1n) is 3.31. The lowest BCUT2D eigenvalue weighted by Gasteiger charge is -2.24. The highest BCUT2D eigenvalue weighted by Crippen LogP contribution is 1.94. The number of rotatable bonds is 2. The zero-order chi connectivity index (χ0) is 7.40. The van der Waals surface area contributed by atoms with Gasteiger partial charge < -0.3 is 22.3 Å². The van der Waals surface area contributed by atoms with Crippen LogP contribution in [-0.4, -0.2) is 48.8 Å². The number of halogens is 1. The second-order valence-corrected chi connectivity index (χ2v) is 2.28. The molecule has 1 N–H and O–H groups in total. The normalized spacial score (nSPS) is 18.9. The summed E-state index contributed by atoms with van der Waals surface area (Å²) >= 11 is 0. The van der Waals surface area contributed by atoms with Crippen molar-refractivity contribution in [1.29, 1.82) is 0 Å². The molecule has 0 saturated carbocycles. The molecule has 11 heavy (non-hydrogen) atoms. The van der Waals surface area contributed by atoms with Gasteiger partial charge in [0.05, 0.1) is 19.8 Å². The van der Waals surface area contributed by atoms with Crippen molar-refractivity contribution in [2.45, 2.75) is 0 Å². The molecule has 0 unspecified atom stereocenters. The van der Waals surface area contributed by atoms with Crippen molar-refractivity contribution in [3.05, 3.63) is 0 Å². The van der Waals surface area contributed by atoms with Crippen molar-refractivity contribution in [3.8, 4) is 0 Å². The van der Waals surface area contributed by atoms with Crippen LogP contribution in [-0.2, 0) is 9.53 Å². The van der Waals surface area contributed by atoms with E-state index in [0.717, 1.165) is 13.1 Å². The first-order valence-corrected chi connectivity index (χ1v) is 3.31. The van der Waals surface area contributed by atoms with Crippen molar-refractivity contribution in [2.75, 3.05) is 32.8 Å². The summed E-state index contributed by atoms with van der Waals surface area (Å²) in [5, 5.41) is 8.38. The smallest absolute Gasteiger partial charge is 0.317 e. The number of hydrogen-bond donors (Lipinski definition) is 1. The minimum Gasteiger partial charge on any atom is -1.00 e. The van der Waals surface area contributed by atoms with Gasteiger partial charge in [-0.05, 0) is 0 Å². The van der Waals surface area contributed by atoms with Crippen molar-refractivity contribution < 1.29 is 27.0 Å². The molecule has 1 saturated heterocycles. The average Bonchev–Trinajstić information content (AvgIpc) is 1.88. The van der Waals surface area contributed by atoms with E-state index >= 15 is 0 Å². The number of carbonyl (C=O) groups is 1. The number of hydrogen-bond acceptors (Lipinski definition) is 3. The maximum atomic E-state index is 10.2. The topological polar surface area (TPSA) is 49.8 Å². The van der Waals surface area contributed by atoms with Crippen LogP contribution >= 0.6 is 0 Å². The van der Waals surface area contributed by atoms with Gasteiger partial charge in [-0.15, -0.1) is 0 Å². The summed E-state index contributed by atoms with van der Waals surface area (Å²) in [6.45, 7) is 2.95. The van der Waals surface area contributed by atoms with Gasteiger partial charge in [-0.25, -0.2) is 0 Å². The van der Waals surface area contributed by atoms with Gasteiger partial charge in [0.2, 0.25) is 0 Å². The van der Waals surface area contributed by atoms with E-state index in [4.69, 9.17) is 9.84 Å². The predicted octanol–water partition coefficient (Wildman–Crippen LogP) is -3.59. The zero-order valence-corrected chi connectivity index (χ0v) is 6.88. The van der Waals surface area contributed by atoms with Gasteiger partial charge in [0.25, 0.3) is 0 Å². The van der Waals surface area contributed by atoms with Crippen molar-refractivity contribution in [1.82, 2.24) is 4.90 Å². The highest BCUT2D eigenvalue weighted by atomic mass is 35.5. The fourth-order valence-electron chi connectivity index (χ4n) is 0.951. The Morgan fingerprint density at radius 1 is 1.45 bits per heavy atom. The van der Waals surface area contributed by atoms with Crippen LogP contribution < -0.4 is 12.4 Å². The van der Waals surface area contributed by atoms with E-state index in [2.05, 4.69) is 0 Å². The molecule has 0 radical (unpaired) electrons. The molecule has 0 atom stereocenters. The standard InChI is InChI=1S/C6H11NO3.ClH/c8-6(9)5-7-1-3-10-4-2-7;/h1-5H2,(H,8,9);1H/p-1. The number of aliphatic carboxylic acids is 1. The molecule has 0 aliphatic carbocycles. The molecular formula is C6H11ClNO3-. The largest absolute Gasteiger partial charge is 1.00 e. The molecule has 0 aromatic carbocycles. The number of ether oxygens (including phenoxy) is 1. The van der Waals surface area contributed by atoms with Crippen LogP contribution in [0.25, 0.3) is 0 Å². The van der Waals surface area contributed by atoms with Gasteiger partial charge in [0.1, 0.15) is 0 Å². The Labute approximate surface area is 71.5 Å². The van der Waals surface area contributed by atoms with Crippen LogP contribution in [0, 0.1) is 0 Å². The summed E-state index contributed by atoms with van der Waals surface area (Å²) < 4.78 is 5.05. The third-order valence-electron chi connectivity index (χ3n) is 1.46. The quantitative estimate of drug-likeness (QED) is 0.477. The number of nitrogens with zero attached hydrogens (tertiary/aromatic N) is 1. The average molecular weight is 181 g/mol. The van der Waals surface area contributed by atoms with E-state index < -0.39 is 5.97 Å². The molecule has 1 heterocycles. The van der Waals surface area contributed by atoms with Crippen molar-refractivity contribution in [3.63, 3.8) is 0 Å².